The van der Waals surface area contributed by atoms with Crippen LogP contribution in [0.3, 0.4) is 0 Å². The minimum atomic E-state index is -5.68. The zero-order valence-electron chi connectivity index (χ0n) is 16.8. The maximum absolute atomic E-state index is 14.1. The van der Waals surface area contributed by atoms with Crippen LogP contribution in [0.2, 0.25) is 5.02 Å². The first-order valence-corrected chi connectivity index (χ1v) is 10.4. The summed E-state index contributed by atoms with van der Waals surface area (Å²) in [5, 5.41) is 3.53. The standard InChI is InChI=1S/C21H26ClF5N2O/c1-12(2)19(18(28)20(23,24)21(25,26)27)6-3-15(4-7-19)30-17-10-13-5-8-29-11-14(13)9-16(17)22/h5,8-10,12,15,18,29H,3-4,6-7,11,28H2,1-2H3. The molecule has 1 aliphatic carbocycles. The fourth-order valence-electron chi connectivity index (χ4n) is 4.54. The summed E-state index contributed by atoms with van der Waals surface area (Å²) in [4.78, 5) is 0. The number of hydrogen-bond acceptors (Lipinski definition) is 3. The van der Waals surface area contributed by atoms with E-state index < -0.39 is 29.5 Å². The van der Waals surface area contributed by atoms with Gasteiger partial charge in [0.25, 0.3) is 0 Å². The molecule has 3 rings (SSSR count). The van der Waals surface area contributed by atoms with Crippen LogP contribution in [0.15, 0.2) is 18.3 Å². The Morgan fingerprint density at radius 3 is 2.37 bits per heavy atom. The van der Waals surface area contributed by atoms with Crippen molar-refractivity contribution in [2.75, 3.05) is 0 Å². The molecule has 0 radical (unpaired) electrons. The van der Waals surface area contributed by atoms with E-state index in [-0.39, 0.29) is 18.9 Å². The van der Waals surface area contributed by atoms with E-state index in [1.807, 2.05) is 24.4 Å². The van der Waals surface area contributed by atoms with E-state index in [1.54, 1.807) is 13.8 Å². The third kappa shape index (κ3) is 4.13. The highest BCUT2D eigenvalue weighted by Gasteiger charge is 2.66. The largest absolute Gasteiger partial charge is 0.489 e. The lowest BCUT2D eigenvalue weighted by atomic mass is 9.61. The average molecular weight is 453 g/mol. The van der Waals surface area contributed by atoms with Gasteiger partial charge in [-0.3, -0.25) is 0 Å². The number of nitrogens with one attached hydrogen (secondary N) is 1. The maximum Gasteiger partial charge on any atom is 0.454 e. The molecule has 1 unspecified atom stereocenters. The third-order valence-corrected chi connectivity index (χ3v) is 6.86. The van der Waals surface area contributed by atoms with Gasteiger partial charge in [0.15, 0.2) is 0 Å². The van der Waals surface area contributed by atoms with Crippen molar-refractivity contribution in [2.45, 2.75) is 70.3 Å². The molecule has 1 heterocycles. The molecule has 1 fully saturated rings. The fourth-order valence-corrected chi connectivity index (χ4v) is 4.77. The lowest BCUT2D eigenvalue weighted by Crippen LogP contribution is -2.62. The second-order valence-electron chi connectivity index (χ2n) is 8.50. The van der Waals surface area contributed by atoms with Gasteiger partial charge in [-0.1, -0.05) is 25.4 Å². The van der Waals surface area contributed by atoms with Crippen molar-refractivity contribution < 1.29 is 26.7 Å². The van der Waals surface area contributed by atoms with Crippen LogP contribution in [-0.4, -0.2) is 24.2 Å². The van der Waals surface area contributed by atoms with Gasteiger partial charge in [-0.25, -0.2) is 0 Å². The molecule has 0 amide bonds. The molecule has 30 heavy (non-hydrogen) atoms. The number of fused-ring (bicyclic) bond motifs is 1. The molecule has 2 aliphatic rings. The molecule has 168 valence electrons. The van der Waals surface area contributed by atoms with E-state index in [0.717, 1.165) is 11.1 Å². The smallest absolute Gasteiger partial charge is 0.454 e. The molecule has 0 spiro atoms. The van der Waals surface area contributed by atoms with Crippen LogP contribution in [0.1, 0.15) is 50.7 Å². The Hall–Kier alpha value is -1.54. The topological polar surface area (TPSA) is 47.3 Å². The van der Waals surface area contributed by atoms with Gasteiger partial charge in [0.05, 0.1) is 17.2 Å². The number of benzene rings is 1. The second-order valence-corrected chi connectivity index (χ2v) is 8.91. The Bertz CT molecular complexity index is 801. The van der Waals surface area contributed by atoms with Crippen LogP contribution < -0.4 is 15.8 Å². The van der Waals surface area contributed by atoms with E-state index in [9.17, 15) is 22.0 Å². The highest BCUT2D eigenvalue weighted by molar-refractivity contribution is 6.32. The Kier molecular flexibility index (Phi) is 6.31. The number of alkyl halides is 5. The zero-order chi connectivity index (χ0) is 22.3. The first kappa shape index (κ1) is 23.1. The molecular weight excluding hydrogens is 427 g/mol. The highest BCUT2D eigenvalue weighted by atomic mass is 35.5. The number of halogens is 6. The number of hydrogen-bond donors (Lipinski definition) is 2. The molecule has 3 nitrogen and oxygen atoms in total. The summed E-state index contributed by atoms with van der Waals surface area (Å²) in [7, 11) is 0. The minimum Gasteiger partial charge on any atom is -0.489 e. The number of nitrogens with two attached hydrogens (primary N) is 1. The van der Waals surface area contributed by atoms with Crippen molar-refractivity contribution in [2.24, 2.45) is 17.1 Å². The summed E-state index contributed by atoms with van der Waals surface area (Å²) < 4.78 is 73.0. The molecule has 1 aromatic carbocycles. The first-order chi connectivity index (χ1) is 13.9. The van der Waals surface area contributed by atoms with E-state index in [0.29, 0.717) is 30.2 Å². The van der Waals surface area contributed by atoms with Crippen molar-refractivity contribution in [3.63, 3.8) is 0 Å². The predicted molar refractivity (Wildman–Crippen MR) is 106 cm³/mol. The SMILES string of the molecule is CC(C)C1(C(N)C(F)(F)C(F)(F)F)CCC(Oc2cc3c(cc2Cl)CNC=C3)CC1. The number of ether oxygens (including phenoxy) is 1. The minimum absolute atomic E-state index is 0.120. The monoisotopic (exact) mass is 452 g/mol. The lowest BCUT2D eigenvalue weighted by Gasteiger charge is -2.49. The molecule has 0 bridgehead atoms. The van der Waals surface area contributed by atoms with E-state index in [1.165, 1.54) is 0 Å². The Labute approximate surface area is 177 Å². The first-order valence-electron chi connectivity index (χ1n) is 9.97. The molecule has 9 heteroatoms. The third-order valence-electron chi connectivity index (χ3n) is 6.56. The molecule has 0 saturated heterocycles. The molecule has 0 aromatic heterocycles. The Balaban J connectivity index is 1.75. The van der Waals surface area contributed by atoms with E-state index in [2.05, 4.69) is 5.32 Å². The summed E-state index contributed by atoms with van der Waals surface area (Å²) in [6, 6.07) is 1.32. The normalized spacial score (nSPS) is 25.6. The molecule has 1 aliphatic heterocycles. The van der Waals surface area contributed by atoms with Gasteiger partial charge in [-0.15, -0.1) is 0 Å². The molecule has 1 aromatic rings. The molecular formula is C21H26ClF5N2O. The van der Waals surface area contributed by atoms with E-state index >= 15 is 0 Å². The van der Waals surface area contributed by atoms with Gasteiger partial charge in [0.1, 0.15) is 5.75 Å². The van der Waals surface area contributed by atoms with Crippen molar-refractivity contribution in [3.05, 3.63) is 34.5 Å². The Morgan fingerprint density at radius 1 is 1.17 bits per heavy atom. The van der Waals surface area contributed by atoms with Crippen molar-refractivity contribution in [1.82, 2.24) is 5.32 Å². The predicted octanol–water partition coefficient (Wildman–Crippen LogP) is 5.90. The van der Waals surface area contributed by atoms with Crippen molar-refractivity contribution in [3.8, 4) is 5.75 Å². The van der Waals surface area contributed by atoms with Crippen LogP contribution in [0.4, 0.5) is 22.0 Å². The summed E-state index contributed by atoms with van der Waals surface area (Å²) in [6.45, 7) is 3.94. The van der Waals surface area contributed by atoms with Crippen LogP contribution >= 0.6 is 11.6 Å². The van der Waals surface area contributed by atoms with Gasteiger partial charge in [0, 0.05) is 6.54 Å². The second kappa shape index (κ2) is 8.19. The summed E-state index contributed by atoms with van der Waals surface area (Å²) >= 11 is 6.33. The van der Waals surface area contributed by atoms with Gasteiger partial charge in [0.2, 0.25) is 0 Å². The number of rotatable bonds is 5. The molecule has 1 saturated carbocycles. The maximum atomic E-state index is 14.1. The van der Waals surface area contributed by atoms with Crippen LogP contribution in [0.5, 0.6) is 5.75 Å². The summed E-state index contributed by atoms with van der Waals surface area (Å²) in [5.41, 5.74) is 6.27. The van der Waals surface area contributed by atoms with Crippen molar-refractivity contribution in [1.29, 1.82) is 0 Å². The average Bonchev–Trinajstić information content (AvgIpc) is 2.67. The summed E-state index contributed by atoms with van der Waals surface area (Å²) in [5.74, 6) is -4.91. The van der Waals surface area contributed by atoms with Gasteiger partial charge < -0.3 is 15.8 Å². The van der Waals surface area contributed by atoms with Crippen LogP contribution in [0, 0.1) is 11.3 Å². The molecule has 1 atom stereocenters. The van der Waals surface area contributed by atoms with Crippen LogP contribution in [-0.2, 0) is 6.54 Å². The quantitative estimate of drug-likeness (QED) is 0.546. The van der Waals surface area contributed by atoms with Gasteiger partial charge >= 0.3 is 12.1 Å². The van der Waals surface area contributed by atoms with E-state index in [4.69, 9.17) is 22.1 Å². The van der Waals surface area contributed by atoms with Gasteiger partial charge in [-0.05, 0) is 72.6 Å². The highest BCUT2D eigenvalue weighted by Crippen LogP contribution is 2.52. The van der Waals surface area contributed by atoms with Crippen molar-refractivity contribution >= 4 is 17.7 Å². The van der Waals surface area contributed by atoms with Gasteiger partial charge in [-0.2, -0.15) is 22.0 Å². The Morgan fingerprint density at radius 2 is 1.80 bits per heavy atom. The summed E-state index contributed by atoms with van der Waals surface area (Å²) in [6.07, 6.45) is -1.41. The molecule has 3 N–H and O–H groups in total. The zero-order valence-corrected chi connectivity index (χ0v) is 17.6. The lowest BCUT2D eigenvalue weighted by molar-refractivity contribution is -0.303. The fraction of sp³-hybridized carbons (Fsp3) is 0.619. The van der Waals surface area contributed by atoms with Crippen LogP contribution in [0.25, 0.3) is 6.08 Å².